The Labute approximate surface area is 203 Å². The lowest BCUT2D eigenvalue weighted by molar-refractivity contribution is 0.218. The van der Waals surface area contributed by atoms with Crippen molar-refractivity contribution >= 4 is 30.3 Å². The highest BCUT2D eigenvalue weighted by atomic mass is 35.5. The molecule has 2 atom stereocenters. The predicted molar refractivity (Wildman–Crippen MR) is 135 cm³/mol. The summed E-state index contributed by atoms with van der Waals surface area (Å²) in [6.45, 7) is 7.95. The van der Waals surface area contributed by atoms with Crippen LogP contribution in [0.25, 0.3) is 5.69 Å². The minimum absolute atomic E-state index is 0.165. The molecule has 174 valence electrons. The number of allylic oxidation sites excluding steroid dienone is 1. The van der Waals surface area contributed by atoms with Gasteiger partial charge >= 0.3 is 6.03 Å². The number of imidazole rings is 1. The number of aliphatic imine (C=N–C) groups is 2. The van der Waals surface area contributed by atoms with Gasteiger partial charge in [-0.15, -0.1) is 0 Å². The van der Waals surface area contributed by atoms with Gasteiger partial charge in [-0.05, 0) is 56.5 Å². The van der Waals surface area contributed by atoms with E-state index in [4.69, 9.17) is 11.6 Å². The van der Waals surface area contributed by atoms with Crippen molar-refractivity contribution in [2.24, 2.45) is 9.98 Å². The van der Waals surface area contributed by atoms with Crippen molar-refractivity contribution in [3.8, 4) is 5.69 Å². The highest BCUT2D eigenvalue weighted by Crippen LogP contribution is 2.29. The fourth-order valence-electron chi connectivity index (χ4n) is 3.77. The second-order valence-electron chi connectivity index (χ2n) is 7.77. The summed E-state index contributed by atoms with van der Waals surface area (Å²) in [5, 5.41) is 6.82. The number of hydrogen-bond donors (Lipinski definition) is 2. The molecule has 4 rings (SSSR count). The molecule has 0 aliphatic carbocycles. The molecule has 1 saturated heterocycles. The van der Waals surface area contributed by atoms with Crippen LogP contribution in [0.15, 0.2) is 89.0 Å². The Morgan fingerprint density at radius 2 is 2.00 bits per heavy atom. The zero-order valence-electron chi connectivity index (χ0n) is 19.0. The molecule has 3 aromatic rings. The van der Waals surface area contributed by atoms with Crippen LogP contribution in [0.2, 0.25) is 5.02 Å². The number of nitrogens with one attached hydrogen (secondary N) is 2. The quantitative estimate of drug-likeness (QED) is 0.394. The maximum absolute atomic E-state index is 12.6. The molecule has 1 fully saturated rings. The standard InChI is InChI=1S/C25H26ClN7O/c1-4-23(33-22(14-28-25(33)34)18-8-6-5-7-9-18)31-24(27-3)30-17(2)21-15-32(16-29-21)20-12-10-19(26)11-13-20/h4-13,15-17,22H,3,14H2,1-2H3,(H,28,34)(H,30,31)/b23-4+/t17-,22+/m0/s1. The van der Waals surface area contributed by atoms with Crippen molar-refractivity contribution in [3.63, 3.8) is 0 Å². The number of rotatable bonds is 6. The Balaban J connectivity index is 1.52. The first kappa shape index (κ1) is 23.3. The molecular formula is C25H26ClN7O. The van der Waals surface area contributed by atoms with Crippen molar-refractivity contribution in [1.29, 1.82) is 0 Å². The first-order valence-electron chi connectivity index (χ1n) is 10.9. The van der Waals surface area contributed by atoms with Gasteiger partial charge in [-0.2, -0.15) is 4.99 Å². The third kappa shape index (κ3) is 5.02. The van der Waals surface area contributed by atoms with Crippen LogP contribution in [0, 0.1) is 0 Å². The molecule has 1 aliphatic heterocycles. The van der Waals surface area contributed by atoms with Crippen molar-refractivity contribution in [3.05, 3.63) is 95.3 Å². The second-order valence-corrected chi connectivity index (χ2v) is 8.21. The number of carbonyl (C=O) groups excluding carboxylic acids is 1. The van der Waals surface area contributed by atoms with E-state index in [2.05, 4.69) is 32.3 Å². The summed E-state index contributed by atoms with van der Waals surface area (Å²) >= 11 is 5.98. The van der Waals surface area contributed by atoms with Crippen molar-refractivity contribution in [2.45, 2.75) is 25.9 Å². The van der Waals surface area contributed by atoms with E-state index in [0.717, 1.165) is 16.9 Å². The topological polar surface area (TPSA) is 86.9 Å². The molecule has 8 nitrogen and oxygen atoms in total. The van der Waals surface area contributed by atoms with E-state index in [1.54, 1.807) is 17.3 Å². The van der Waals surface area contributed by atoms with E-state index >= 15 is 0 Å². The van der Waals surface area contributed by atoms with Crippen LogP contribution >= 0.6 is 11.6 Å². The fourth-order valence-corrected chi connectivity index (χ4v) is 3.90. The average molecular weight is 476 g/mol. The van der Waals surface area contributed by atoms with Gasteiger partial charge in [-0.1, -0.05) is 41.9 Å². The first-order valence-corrected chi connectivity index (χ1v) is 11.3. The number of guanidine groups is 1. The average Bonchev–Trinajstić information content (AvgIpc) is 3.50. The Morgan fingerprint density at radius 3 is 2.68 bits per heavy atom. The van der Waals surface area contributed by atoms with Crippen LogP contribution in [0.5, 0.6) is 0 Å². The number of hydrogen-bond acceptors (Lipinski definition) is 3. The monoisotopic (exact) mass is 475 g/mol. The van der Waals surface area contributed by atoms with Crippen molar-refractivity contribution in [1.82, 2.24) is 25.1 Å². The minimum atomic E-state index is -0.205. The maximum Gasteiger partial charge on any atom is 0.323 e. The van der Waals surface area contributed by atoms with E-state index < -0.39 is 0 Å². The van der Waals surface area contributed by atoms with Gasteiger partial charge in [0.2, 0.25) is 5.96 Å². The van der Waals surface area contributed by atoms with Gasteiger partial charge in [0.1, 0.15) is 5.82 Å². The molecule has 34 heavy (non-hydrogen) atoms. The Bertz CT molecular complexity index is 1220. The number of halogens is 1. The zero-order valence-corrected chi connectivity index (χ0v) is 19.8. The number of urea groups is 1. The predicted octanol–water partition coefficient (Wildman–Crippen LogP) is 4.86. The summed E-state index contributed by atoms with van der Waals surface area (Å²) in [6.07, 6.45) is 5.45. The highest BCUT2D eigenvalue weighted by molar-refractivity contribution is 6.30. The molecule has 9 heteroatoms. The zero-order chi connectivity index (χ0) is 24.1. The largest absolute Gasteiger partial charge is 0.346 e. The SMILES string of the molecule is C=N/C(=N\C(=C/C)N1C(=O)NC[C@@H]1c1ccccc1)N[C@@H](C)c1cn(-c2ccc(Cl)cc2)cn1. The lowest BCUT2D eigenvalue weighted by Gasteiger charge is -2.24. The van der Waals surface area contributed by atoms with E-state index in [0.29, 0.717) is 23.3 Å². The van der Waals surface area contributed by atoms with E-state index in [1.807, 2.05) is 79.2 Å². The van der Waals surface area contributed by atoms with Crippen LogP contribution in [0.3, 0.4) is 0 Å². The molecular weight excluding hydrogens is 450 g/mol. The van der Waals surface area contributed by atoms with Crippen LogP contribution in [0.4, 0.5) is 4.79 Å². The number of benzene rings is 2. The van der Waals surface area contributed by atoms with E-state index in [-0.39, 0.29) is 18.1 Å². The summed E-state index contributed by atoms with van der Waals surface area (Å²) in [5.74, 6) is 0.783. The summed E-state index contributed by atoms with van der Waals surface area (Å²) in [4.78, 5) is 27.5. The summed E-state index contributed by atoms with van der Waals surface area (Å²) in [7, 11) is 0. The molecule has 0 bridgehead atoms. The summed E-state index contributed by atoms with van der Waals surface area (Å²) < 4.78 is 1.92. The Morgan fingerprint density at radius 1 is 1.26 bits per heavy atom. The smallest absolute Gasteiger partial charge is 0.323 e. The number of amides is 2. The van der Waals surface area contributed by atoms with Crippen molar-refractivity contribution < 1.29 is 4.79 Å². The Kier molecular flexibility index (Phi) is 7.08. The first-order chi connectivity index (χ1) is 16.5. The van der Waals surface area contributed by atoms with Crippen molar-refractivity contribution in [2.75, 3.05) is 6.54 Å². The second kappa shape index (κ2) is 10.4. The van der Waals surface area contributed by atoms with Crippen LogP contribution < -0.4 is 10.6 Å². The van der Waals surface area contributed by atoms with E-state index in [1.165, 1.54) is 0 Å². The molecule has 1 aliphatic rings. The molecule has 0 radical (unpaired) electrons. The highest BCUT2D eigenvalue weighted by Gasteiger charge is 2.34. The van der Waals surface area contributed by atoms with Gasteiger partial charge in [0, 0.05) is 23.5 Å². The minimum Gasteiger partial charge on any atom is -0.346 e. The molecule has 1 aromatic heterocycles. The van der Waals surface area contributed by atoms with Crippen LogP contribution in [-0.4, -0.2) is 39.7 Å². The van der Waals surface area contributed by atoms with Gasteiger partial charge in [0.25, 0.3) is 0 Å². The molecule has 2 heterocycles. The molecule has 0 spiro atoms. The number of aromatic nitrogens is 2. The molecule has 0 saturated carbocycles. The lowest BCUT2D eigenvalue weighted by atomic mass is 10.1. The van der Waals surface area contributed by atoms with Gasteiger partial charge in [-0.25, -0.2) is 14.8 Å². The molecule has 0 unspecified atom stereocenters. The maximum atomic E-state index is 12.6. The summed E-state index contributed by atoms with van der Waals surface area (Å²) in [5.41, 5.74) is 2.78. The molecule has 2 aromatic carbocycles. The third-order valence-corrected chi connectivity index (χ3v) is 5.81. The molecule has 2 amide bonds. The van der Waals surface area contributed by atoms with Crippen LogP contribution in [0.1, 0.15) is 37.2 Å². The van der Waals surface area contributed by atoms with Gasteiger partial charge in [0.05, 0.1) is 24.1 Å². The number of nitrogens with zero attached hydrogens (tertiary/aromatic N) is 5. The summed E-state index contributed by atoms with van der Waals surface area (Å²) in [6, 6.07) is 16.8. The lowest BCUT2D eigenvalue weighted by Crippen LogP contribution is -2.31. The third-order valence-electron chi connectivity index (χ3n) is 5.55. The van der Waals surface area contributed by atoms with Gasteiger partial charge in [0.15, 0.2) is 0 Å². The normalized spacial score (nSPS) is 17.4. The Hall–Kier alpha value is -3.91. The molecule has 2 N–H and O–H groups in total. The van der Waals surface area contributed by atoms with Gasteiger partial charge < -0.3 is 15.2 Å². The van der Waals surface area contributed by atoms with Crippen LogP contribution in [-0.2, 0) is 0 Å². The fraction of sp³-hybridized carbons (Fsp3) is 0.200. The van der Waals surface area contributed by atoms with E-state index in [9.17, 15) is 4.79 Å². The van der Waals surface area contributed by atoms with Gasteiger partial charge in [-0.3, -0.25) is 4.90 Å². The number of carbonyl (C=O) groups is 1.